The van der Waals surface area contributed by atoms with Crippen molar-refractivity contribution in [2.24, 2.45) is 0 Å². The zero-order valence-electron chi connectivity index (χ0n) is 18.4. The van der Waals surface area contributed by atoms with Crippen molar-refractivity contribution in [2.45, 2.75) is 55.1 Å². The van der Waals surface area contributed by atoms with Crippen LogP contribution in [0.15, 0.2) is 64.4 Å². The fraction of sp³-hybridized carbons (Fsp3) is 0.409. The highest BCUT2D eigenvalue weighted by Gasteiger charge is 2.39. The molecule has 1 atom stereocenters. The predicted molar refractivity (Wildman–Crippen MR) is 122 cm³/mol. The minimum absolute atomic E-state index is 0.166. The lowest BCUT2D eigenvalue weighted by Gasteiger charge is -2.23. The van der Waals surface area contributed by atoms with Gasteiger partial charge in [-0.25, -0.2) is 16.8 Å². The largest absolute Gasteiger partial charge is 0.351 e. The average Bonchev–Trinajstić information content (AvgIpc) is 3.29. The number of benzene rings is 2. The Labute approximate surface area is 190 Å². The molecule has 1 unspecified atom stereocenters. The van der Waals surface area contributed by atoms with Crippen LogP contribution in [-0.2, 0) is 31.4 Å². The summed E-state index contributed by atoms with van der Waals surface area (Å²) in [7, 11) is -5.80. The van der Waals surface area contributed by atoms with Gasteiger partial charge < -0.3 is 5.32 Å². The van der Waals surface area contributed by atoms with Gasteiger partial charge in [0.1, 0.15) is 6.04 Å². The van der Waals surface area contributed by atoms with Gasteiger partial charge in [0.2, 0.25) is 26.0 Å². The van der Waals surface area contributed by atoms with E-state index in [1.807, 2.05) is 0 Å². The Hall–Kier alpha value is -2.27. The van der Waals surface area contributed by atoms with Crippen molar-refractivity contribution in [3.8, 4) is 0 Å². The Morgan fingerprint density at radius 3 is 2.25 bits per heavy atom. The Balaban J connectivity index is 1.67. The van der Waals surface area contributed by atoms with Crippen LogP contribution >= 0.6 is 0 Å². The van der Waals surface area contributed by atoms with E-state index in [1.54, 1.807) is 44.2 Å². The fourth-order valence-corrected chi connectivity index (χ4v) is 6.59. The Bertz CT molecular complexity index is 1150. The van der Waals surface area contributed by atoms with E-state index in [0.29, 0.717) is 19.4 Å². The van der Waals surface area contributed by atoms with Crippen LogP contribution in [0.5, 0.6) is 0 Å². The van der Waals surface area contributed by atoms with E-state index in [-0.39, 0.29) is 28.3 Å². The van der Waals surface area contributed by atoms with E-state index in [4.69, 9.17) is 0 Å². The topological polar surface area (TPSA) is 104 Å². The van der Waals surface area contributed by atoms with E-state index in [2.05, 4.69) is 5.32 Å². The van der Waals surface area contributed by atoms with Crippen molar-refractivity contribution < 1.29 is 21.6 Å². The number of carbonyl (C=O) groups excluding carboxylic acids is 1. The van der Waals surface area contributed by atoms with E-state index in [9.17, 15) is 21.6 Å². The lowest BCUT2D eigenvalue weighted by atomic mass is 10.2. The summed E-state index contributed by atoms with van der Waals surface area (Å²) < 4.78 is 53.6. The van der Waals surface area contributed by atoms with Gasteiger partial charge in [-0.1, -0.05) is 30.3 Å². The van der Waals surface area contributed by atoms with E-state index in [1.165, 1.54) is 39.9 Å². The Morgan fingerprint density at radius 1 is 1.03 bits per heavy atom. The molecule has 8 nitrogen and oxygen atoms in total. The average molecular weight is 480 g/mol. The van der Waals surface area contributed by atoms with Crippen molar-refractivity contribution in [1.82, 2.24) is 13.9 Å². The van der Waals surface area contributed by atoms with Gasteiger partial charge in [-0.15, -0.1) is 0 Å². The second kappa shape index (κ2) is 9.70. The van der Waals surface area contributed by atoms with Crippen molar-refractivity contribution >= 4 is 26.0 Å². The molecule has 1 amide bonds. The number of nitrogens with zero attached hydrogens (tertiary/aromatic N) is 2. The molecular weight excluding hydrogens is 450 g/mol. The molecular formula is C22H29N3O5S2. The summed E-state index contributed by atoms with van der Waals surface area (Å²) in [5, 5.41) is 2.79. The SMILES string of the molecule is CC(C)N(C)S(=O)(=O)c1ccc(CNC(=O)C2CCCN2S(=O)(=O)c2ccccc2)cc1. The molecule has 1 aliphatic rings. The molecule has 174 valence electrons. The van der Waals surface area contributed by atoms with Gasteiger partial charge in [-0.2, -0.15) is 8.61 Å². The number of sulfonamides is 2. The third-order valence-electron chi connectivity index (χ3n) is 5.65. The highest BCUT2D eigenvalue weighted by atomic mass is 32.2. The first-order chi connectivity index (χ1) is 15.0. The summed E-state index contributed by atoms with van der Waals surface area (Å²) in [6.07, 6.45) is 1.07. The number of amides is 1. The first-order valence-corrected chi connectivity index (χ1v) is 13.3. The van der Waals surface area contributed by atoms with E-state index in [0.717, 1.165) is 5.56 Å². The molecule has 2 aromatic rings. The number of hydrogen-bond donors (Lipinski definition) is 1. The molecule has 0 aliphatic carbocycles. The molecule has 0 spiro atoms. The van der Waals surface area contributed by atoms with Crippen LogP contribution in [0.4, 0.5) is 0 Å². The summed E-state index contributed by atoms with van der Waals surface area (Å²) >= 11 is 0. The lowest BCUT2D eigenvalue weighted by Crippen LogP contribution is -2.45. The Morgan fingerprint density at radius 2 is 1.66 bits per heavy atom. The molecule has 2 aromatic carbocycles. The number of hydrogen-bond acceptors (Lipinski definition) is 5. The van der Waals surface area contributed by atoms with Crippen LogP contribution in [0.3, 0.4) is 0 Å². The van der Waals surface area contributed by atoms with Gasteiger partial charge in [0, 0.05) is 26.2 Å². The molecule has 3 rings (SSSR count). The molecule has 1 heterocycles. The van der Waals surface area contributed by atoms with Gasteiger partial charge in [-0.3, -0.25) is 4.79 Å². The monoisotopic (exact) mass is 479 g/mol. The lowest BCUT2D eigenvalue weighted by molar-refractivity contribution is -0.124. The van der Waals surface area contributed by atoms with Crippen LogP contribution in [0, 0.1) is 0 Å². The minimum Gasteiger partial charge on any atom is -0.351 e. The number of rotatable bonds is 8. The molecule has 10 heteroatoms. The third kappa shape index (κ3) is 5.03. The Kier molecular flexibility index (Phi) is 7.39. The van der Waals surface area contributed by atoms with E-state index >= 15 is 0 Å². The van der Waals surface area contributed by atoms with Crippen LogP contribution in [-0.4, -0.2) is 57.0 Å². The second-order valence-corrected chi connectivity index (χ2v) is 12.0. The summed E-state index contributed by atoms with van der Waals surface area (Å²) in [5.41, 5.74) is 0.722. The summed E-state index contributed by atoms with van der Waals surface area (Å²) in [5.74, 6) is -0.363. The minimum atomic E-state index is -3.75. The third-order valence-corrected chi connectivity index (χ3v) is 9.62. The quantitative estimate of drug-likeness (QED) is 0.625. The van der Waals surface area contributed by atoms with Crippen molar-refractivity contribution in [1.29, 1.82) is 0 Å². The van der Waals surface area contributed by atoms with Gasteiger partial charge in [0.25, 0.3) is 0 Å². The fourth-order valence-electron chi connectivity index (χ4n) is 3.55. The van der Waals surface area contributed by atoms with Crippen molar-refractivity contribution in [3.63, 3.8) is 0 Å². The first-order valence-electron chi connectivity index (χ1n) is 10.5. The molecule has 0 aromatic heterocycles. The molecule has 1 aliphatic heterocycles. The van der Waals surface area contributed by atoms with Gasteiger partial charge >= 0.3 is 0 Å². The van der Waals surface area contributed by atoms with Crippen LogP contribution in [0.2, 0.25) is 0 Å². The zero-order chi connectivity index (χ0) is 23.5. The molecule has 1 fully saturated rings. The van der Waals surface area contributed by atoms with Crippen molar-refractivity contribution in [2.75, 3.05) is 13.6 Å². The maximum absolute atomic E-state index is 12.9. The van der Waals surface area contributed by atoms with Gasteiger partial charge in [0.15, 0.2) is 0 Å². The second-order valence-electron chi connectivity index (χ2n) is 8.06. The highest BCUT2D eigenvalue weighted by molar-refractivity contribution is 7.89. The van der Waals surface area contributed by atoms with Crippen LogP contribution < -0.4 is 5.32 Å². The van der Waals surface area contributed by atoms with Crippen LogP contribution in [0.25, 0.3) is 0 Å². The summed E-state index contributed by atoms with van der Waals surface area (Å²) in [6.45, 7) is 4.07. The maximum atomic E-state index is 12.9. The first kappa shape index (κ1) is 24.4. The molecule has 0 saturated carbocycles. The van der Waals surface area contributed by atoms with Gasteiger partial charge in [0.05, 0.1) is 9.79 Å². The van der Waals surface area contributed by atoms with Gasteiger partial charge in [-0.05, 0) is 56.5 Å². The molecule has 0 bridgehead atoms. The zero-order valence-corrected chi connectivity index (χ0v) is 20.1. The van der Waals surface area contributed by atoms with E-state index < -0.39 is 26.1 Å². The van der Waals surface area contributed by atoms with Crippen LogP contribution in [0.1, 0.15) is 32.3 Å². The molecule has 0 radical (unpaired) electrons. The smallest absolute Gasteiger partial charge is 0.243 e. The highest BCUT2D eigenvalue weighted by Crippen LogP contribution is 2.26. The molecule has 32 heavy (non-hydrogen) atoms. The molecule has 1 saturated heterocycles. The predicted octanol–water partition coefficient (Wildman–Crippen LogP) is 2.18. The normalized spacial score (nSPS) is 17.7. The summed E-state index contributed by atoms with van der Waals surface area (Å²) in [6, 6.07) is 13.5. The maximum Gasteiger partial charge on any atom is 0.243 e. The summed E-state index contributed by atoms with van der Waals surface area (Å²) in [4.78, 5) is 13.1. The molecule has 1 N–H and O–H groups in total. The number of nitrogens with one attached hydrogen (secondary N) is 1. The standard InChI is InChI=1S/C22H29N3O5S2/c1-17(2)24(3)31(27,28)20-13-11-18(12-14-20)16-23-22(26)21-10-7-15-25(21)32(29,30)19-8-5-4-6-9-19/h4-6,8-9,11-14,17,21H,7,10,15-16H2,1-3H3,(H,23,26). The number of carbonyl (C=O) groups is 1. The van der Waals surface area contributed by atoms with Crippen molar-refractivity contribution in [3.05, 3.63) is 60.2 Å².